The number of aromatic nitrogens is 4. The molecule has 0 saturated heterocycles. The Labute approximate surface area is 239 Å². The van der Waals surface area contributed by atoms with Crippen molar-refractivity contribution in [2.75, 3.05) is 5.48 Å². The van der Waals surface area contributed by atoms with Gasteiger partial charge in [-0.15, -0.1) is 4.99 Å². The van der Waals surface area contributed by atoms with Crippen molar-refractivity contribution in [2.45, 2.75) is 0 Å². The monoisotopic (exact) mass is 617 g/mol. The van der Waals surface area contributed by atoms with E-state index < -0.39 is 15.3 Å². The first-order chi connectivity index (χ1) is 19.7. The summed E-state index contributed by atoms with van der Waals surface area (Å²) in [5.74, 6) is 0. The van der Waals surface area contributed by atoms with Crippen LogP contribution in [-0.4, -0.2) is 47.6 Å². The average Bonchev–Trinajstić information content (AvgIpc) is 2.97. The summed E-state index contributed by atoms with van der Waals surface area (Å²) in [4.78, 5) is 31.7. The summed E-state index contributed by atoms with van der Waals surface area (Å²) in [5, 5.41) is 22.5. The molecular weight excluding hydrogens is 599 g/mol. The van der Waals surface area contributed by atoms with Gasteiger partial charge in [0.05, 0.1) is 32.5 Å². The van der Waals surface area contributed by atoms with Crippen molar-refractivity contribution in [2.24, 2.45) is 0 Å². The molecule has 0 radical (unpaired) electrons. The van der Waals surface area contributed by atoms with E-state index in [1.807, 2.05) is 30.3 Å². The standard InChI is InChI=1S/C12H9N3O2.C12H7N3O2.H2O4S.O.V/c16-17-15-10-7-8-3-1-5-13-11(8)12-9(10)4-2-6-14-12;16-15(17)10-7-8-3-1-5-13-11(8)12-9(10)4-2-6-14-12;1-5(2,3)4;;/h1-7,15-16H;1-7H;(H2,1,2,3,4);;. The van der Waals surface area contributed by atoms with Crippen molar-refractivity contribution >= 4 is 65.4 Å². The molecule has 0 aliphatic rings. The van der Waals surface area contributed by atoms with Crippen LogP contribution in [0.5, 0.6) is 0 Å². The predicted octanol–water partition coefficient (Wildman–Crippen LogP) is 4.52. The normalized spacial score (nSPS) is 10.5. The van der Waals surface area contributed by atoms with Crippen LogP contribution in [-0.2, 0) is 36.4 Å². The van der Waals surface area contributed by atoms with E-state index in [0.29, 0.717) is 22.1 Å². The number of nitro groups is 1. The number of benzene rings is 2. The number of non-ortho nitro benzene ring substituents is 1. The molecule has 0 aliphatic heterocycles. The number of nitrogens with one attached hydrogen (secondary N) is 1. The van der Waals surface area contributed by atoms with E-state index in [2.05, 4.69) is 30.4 Å². The second-order valence-corrected chi connectivity index (χ2v) is 8.56. The Hall–Kier alpha value is -4.55. The van der Waals surface area contributed by atoms with Gasteiger partial charge in [0.1, 0.15) is 5.52 Å². The first kappa shape index (κ1) is 31.0. The molecule has 0 saturated carbocycles. The Morgan fingerprint density at radius 2 is 1.17 bits per heavy atom. The van der Waals surface area contributed by atoms with E-state index in [4.69, 9.17) is 26.5 Å². The van der Waals surface area contributed by atoms with Crippen molar-refractivity contribution in [3.05, 3.63) is 95.6 Å². The minimum absolute atomic E-state index is 0.0635. The molecule has 6 rings (SSSR count). The first-order valence-electron chi connectivity index (χ1n) is 11.0. The van der Waals surface area contributed by atoms with Gasteiger partial charge in [0.2, 0.25) is 0 Å². The van der Waals surface area contributed by atoms with Gasteiger partial charge in [0, 0.05) is 47.0 Å². The molecule has 0 amide bonds. The molecule has 2 aromatic carbocycles. The van der Waals surface area contributed by atoms with E-state index in [0.717, 1.165) is 44.6 Å². The van der Waals surface area contributed by atoms with Crippen LogP contribution in [0.15, 0.2) is 85.5 Å². The minimum atomic E-state index is -4.67. The van der Waals surface area contributed by atoms with Crippen molar-refractivity contribution in [1.29, 1.82) is 0 Å². The Kier molecular flexibility index (Phi) is 10.7. The van der Waals surface area contributed by atoms with Crippen LogP contribution in [0.2, 0.25) is 0 Å². The number of fused-ring (bicyclic) bond motifs is 6. The van der Waals surface area contributed by atoms with Crippen LogP contribution in [0.25, 0.3) is 43.6 Å². The molecule has 17 heteroatoms. The van der Waals surface area contributed by atoms with Crippen LogP contribution in [0.1, 0.15) is 0 Å². The average molecular weight is 617 g/mol. The zero-order valence-electron chi connectivity index (χ0n) is 20.5. The molecule has 6 aromatic rings. The summed E-state index contributed by atoms with van der Waals surface area (Å²) < 4.78 is 39.8. The van der Waals surface area contributed by atoms with E-state index in [1.165, 1.54) is 6.07 Å². The first-order valence-corrected chi connectivity index (χ1v) is 13.0. The van der Waals surface area contributed by atoms with Crippen LogP contribution in [0.3, 0.4) is 0 Å². The maximum atomic E-state index is 11.0. The van der Waals surface area contributed by atoms with Gasteiger partial charge >= 0.3 is 31.4 Å². The third-order valence-electron chi connectivity index (χ3n) is 5.25. The second kappa shape index (κ2) is 14.2. The molecule has 0 unspecified atom stereocenters. The number of hydrogen-bond donors (Lipinski definition) is 4. The summed E-state index contributed by atoms with van der Waals surface area (Å²) in [6, 6.07) is 17.8. The Balaban J connectivity index is 0.000000185. The number of rotatable bonds is 3. The van der Waals surface area contributed by atoms with Crippen LogP contribution < -0.4 is 5.48 Å². The van der Waals surface area contributed by atoms with Crippen LogP contribution in [0.4, 0.5) is 11.4 Å². The molecule has 0 fully saturated rings. The second-order valence-electron chi connectivity index (χ2n) is 7.67. The summed E-state index contributed by atoms with van der Waals surface area (Å²) in [7, 11) is -4.67. The molecule has 41 heavy (non-hydrogen) atoms. The Morgan fingerprint density at radius 3 is 1.66 bits per heavy atom. The molecule has 0 aliphatic carbocycles. The molecule has 4 aromatic heterocycles. The zero-order chi connectivity index (χ0) is 30.0. The van der Waals surface area contributed by atoms with E-state index in [9.17, 15) is 10.1 Å². The molecule has 0 atom stereocenters. The van der Waals surface area contributed by atoms with E-state index >= 15 is 0 Å². The maximum absolute atomic E-state index is 11.0. The van der Waals surface area contributed by atoms with Gasteiger partial charge in [-0.2, -0.15) is 8.42 Å². The van der Waals surface area contributed by atoms with Crippen LogP contribution >= 0.6 is 0 Å². The SMILES string of the molecule is O=S(=O)(O)O.O=[N+]([O-])c1cc2cccnc2c2ncccc12.OONc1cc2cccnc2c2ncccc12.[O]=[V]. The molecule has 4 N–H and O–H groups in total. The van der Waals surface area contributed by atoms with Gasteiger partial charge in [0.25, 0.3) is 5.69 Å². The Morgan fingerprint density at radius 1 is 0.756 bits per heavy atom. The molecule has 0 spiro atoms. The molecule has 15 nitrogen and oxygen atoms in total. The summed E-state index contributed by atoms with van der Waals surface area (Å²) in [5.41, 5.74) is 5.99. The summed E-state index contributed by atoms with van der Waals surface area (Å²) >= 11 is 1.06. The van der Waals surface area contributed by atoms with Gasteiger partial charge in [-0.3, -0.25) is 39.2 Å². The van der Waals surface area contributed by atoms with Crippen molar-refractivity contribution in [3.63, 3.8) is 0 Å². The quantitative estimate of drug-likeness (QED) is 0.0704. The number of anilines is 1. The van der Waals surface area contributed by atoms with Gasteiger partial charge in [-0.1, -0.05) is 12.1 Å². The van der Waals surface area contributed by atoms with E-state index in [-0.39, 0.29) is 5.69 Å². The van der Waals surface area contributed by atoms with Gasteiger partial charge in [0.15, 0.2) is 0 Å². The number of pyridine rings is 4. The third kappa shape index (κ3) is 7.99. The Bertz CT molecular complexity index is 1940. The van der Waals surface area contributed by atoms with Crippen molar-refractivity contribution in [1.82, 2.24) is 19.9 Å². The fraction of sp³-hybridized carbons (Fsp3) is 0. The van der Waals surface area contributed by atoms with Gasteiger partial charge < -0.3 is 0 Å². The fourth-order valence-corrected chi connectivity index (χ4v) is 3.82. The number of hydrogen-bond acceptors (Lipinski definition) is 12. The van der Waals surface area contributed by atoms with Crippen LogP contribution in [0, 0.1) is 10.1 Å². The molecular formula is C24H18N6O9SV. The molecule has 0 bridgehead atoms. The number of nitro benzene ring substituents is 1. The fourth-order valence-electron chi connectivity index (χ4n) is 3.82. The van der Waals surface area contributed by atoms with Crippen molar-refractivity contribution < 1.29 is 53.7 Å². The topological polar surface area (TPSA) is 228 Å². The summed E-state index contributed by atoms with van der Waals surface area (Å²) in [6.45, 7) is 0. The summed E-state index contributed by atoms with van der Waals surface area (Å²) in [6.07, 6.45) is 6.70. The zero-order valence-corrected chi connectivity index (χ0v) is 22.7. The van der Waals surface area contributed by atoms with E-state index in [1.54, 1.807) is 49.1 Å². The predicted molar refractivity (Wildman–Crippen MR) is 143 cm³/mol. The third-order valence-corrected chi connectivity index (χ3v) is 5.25. The molecule has 4 heterocycles. The van der Waals surface area contributed by atoms with Gasteiger partial charge in [-0.05, 0) is 42.5 Å². The molecule has 209 valence electrons. The van der Waals surface area contributed by atoms with Crippen molar-refractivity contribution in [3.8, 4) is 0 Å². The number of nitrogens with zero attached hydrogens (tertiary/aromatic N) is 5. The van der Waals surface area contributed by atoms with Gasteiger partial charge in [-0.25, -0.2) is 10.7 Å².